The molecule has 0 saturated carbocycles. The molecular weight excluding hydrogens is 364 g/mol. The summed E-state index contributed by atoms with van der Waals surface area (Å²) in [5.74, 6) is 0.584. The smallest absolute Gasteiger partial charge is 0.207 e. The van der Waals surface area contributed by atoms with Gasteiger partial charge in [-0.1, -0.05) is 35.0 Å². The van der Waals surface area contributed by atoms with E-state index < -0.39 is 9.84 Å². The summed E-state index contributed by atoms with van der Waals surface area (Å²) >= 11 is 3.37. The van der Waals surface area contributed by atoms with Crippen molar-refractivity contribution in [3.63, 3.8) is 0 Å². The molecule has 114 valence electrons. The number of rotatable bonds is 3. The molecule has 1 heterocycles. The van der Waals surface area contributed by atoms with E-state index >= 15 is 0 Å². The molecule has 0 bridgehead atoms. The Kier molecular flexibility index (Phi) is 4.10. The molecular formula is C17H15BrO3S. The molecule has 22 heavy (non-hydrogen) atoms. The molecule has 1 aliphatic heterocycles. The molecule has 0 aromatic heterocycles. The summed E-state index contributed by atoms with van der Waals surface area (Å²) in [7, 11) is -3.55. The third-order valence-corrected chi connectivity index (χ3v) is 6.00. The topological polar surface area (TPSA) is 43.4 Å². The van der Waals surface area contributed by atoms with Gasteiger partial charge < -0.3 is 4.74 Å². The van der Waals surface area contributed by atoms with Crippen molar-refractivity contribution in [1.82, 2.24) is 0 Å². The minimum atomic E-state index is -3.55. The first-order chi connectivity index (χ1) is 10.5. The Balaban J connectivity index is 2.08. The van der Waals surface area contributed by atoms with E-state index in [0.29, 0.717) is 21.1 Å². The highest BCUT2D eigenvalue weighted by molar-refractivity contribution is 9.10. The molecule has 0 saturated heterocycles. The monoisotopic (exact) mass is 378 g/mol. The number of aryl methyl sites for hydroxylation is 1. The zero-order valence-corrected chi connectivity index (χ0v) is 14.4. The summed E-state index contributed by atoms with van der Waals surface area (Å²) < 4.78 is 32.2. The van der Waals surface area contributed by atoms with Crippen molar-refractivity contribution in [2.45, 2.75) is 18.2 Å². The molecule has 1 aliphatic rings. The first-order valence-corrected chi connectivity index (χ1v) is 9.27. The van der Waals surface area contributed by atoms with Crippen molar-refractivity contribution in [2.24, 2.45) is 0 Å². The van der Waals surface area contributed by atoms with E-state index in [1.54, 1.807) is 30.3 Å². The number of ether oxygens (including phenoxy) is 1. The Morgan fingerprint density at radius 2 is 1.86 bits per heavy atom. The molecule has 3 nitrogen and oxygen atoms in total. The average Bonchev–Trinajstić information content (AvgIpc) is 2.54. The lowest BCUT2D eigenvalue weighted by molar-refractivity contribution is 0.357. The van der Waals surface area contributed by atoms with Crippen molar-refractivity contribution < 1.29 is 13.2 Å². The molecule has 0 amide bonds. The van der Waals surface area contributed by atoms with Crippen LogP contribution in [0, 0.1) is 0 Å². The zero-order valence-electron chi connectivity index (χ0n) is 12.0. The fraction of sp³-hybridized carbons (Fsp3) is 0.176. The molecule has 5 heteroatoms. The number of fused-ring (bicyclic) bond motifs is 1. The number of hydrogen-bond donors (Lipinski definition) is 0. The van der Waals surface area contributed by atoms with Crippen LogP contribution in [-0.2, 0) is 16.3 Å². The van der Waals surface area contributed by atoms with E-state index in [0.717, 1.165) is 16.5 Å². The second kappa shape index (κ2) is 5.89. The van der Waals surface area contributed by atoms with Crippen LogP contribution in [0.5, 0.6) is 5.75 Å². The van der Waals surface area contributed by atoms with Gasteiger partial charge in [0.25, 0.3) is 0 Å². The van der Waals surface area contributed by atoms with Crippen LogP contribution in [0.3, 0.4) is 0 Å². The van der Waals surface area contributed by atoms with Gasteiger partial charge in [0.2, 0.25) is 9.84 Å². The van der Waals surface area contributed by atoms with Gasteiger partial charge in [-0.25, -0.2) is 8.42 Å². The van der Waals surface area contributed by atoms with Crippen molar-refractivity contribution in [1.29, 1.82) is 0 Å². The Labute approximate surface area is 138 Å². The fourth-order valence-electron chi connectivity index (χ4n) is 2.42. The van der Waals surface area contributed by atoms with Crippen molar-refractivity contribution >= 4 is 30.7 Å². The molecule has 0 fully saturated rings. The van der Waals surface area contributed by atoms with Gasteiger partial charge in [0.15, 0.2) is 0 Å². The normalized spacial score (nSPS) is 14.0. The van der Waals surface area contributed by atoms with Gasteiger partial charge in [0.05, 0.1) is 9.80 Å². The number of sulfone groups is 1. The molecule has 0 aliphatic carbocycles. The molecule has 0 spiro atoms. The van der Waals surface area contributed by atoms with Gasteiger partial charge in [0.1, 0.15) is 12.4 Å². The summed E-state index contributed by atoms with van der Waals surface area (Å²) in [4.78, 5) is 0.622. The van der Waals surface area contributed by atoms with Crippen molar-refractivity contribution in [2.75, 3.05) is 6.61 Å². The van der Waals surface area contributed by atoms with Crippen molar-refractivity contribution in [3.8, 4) is 5.75 Å². The van der Waals surface area contributed by atoms with E-state index in [1.807, 2.05) is 25.1 Å². The first kappa shape index (κ1) is 15.3. The lowest BCUT2D eigenvalue weighted by Gasteiger charge is -2.19. The maximum Gasteiger partial charge on any atom is 0.207 e. The molecule has 0 unspecified atom stereocenters. The lowest BCUT2D eigenvalue weighted by Crippen LogP contribution is -2.12. The molecule has 0 atom stereocenters. The summed E-state index contributed by atoms with van der Waals surface area (Å²) in [6, 6.07) is 12.4. The number of hydrogen-bond acceptors (Lipinski definition) is 3. The second-order valence-electron chi connectivity index (χ2n) is 5.02. The quantitative estimate of drug-likeness (QED) is 0.802. The minimum Gasteiger partial charge on any atom is -0.489 e. The molecule has 3 rings (SSSR count). The van der Waals surface area contributed by atoms with Crippen LogP contribution in [0.1, 0.15) is 18.1 Å². The van der Waals surface area contributed by atoms with E-state index in [2.05, 4.69) is 15.9 Å². The lowest BCUT2D eigenvalue weighted by atomic mass is 10.1. The van der Waals surface area contributed by atoms with Crippen LogP contribution in [-0.4, -0.2) is 15.0 Å². The SMILES string of the molecule is CCc1ccc(S(=O)(=O)C2=CCOc3cc(Br)ccc32)cc1. The highest BCUT2D eigenvalue weighted by Gasteiger charge is 2.27. The molecule has 2 aromatic carbocycles. The Hall–Kier alpha value is -1.59. The van der Waals surface area contributed by atoms with Crippen LogP contribution < -0.4 is 4.74 Å². The van der Waals surface area contributed by atoms with Gasteiger partial charge in [-0.05, 0) is 48.4 Å². The number of benzene rings is 2. The van der Waals surface area contributed by atoms with Gasteiger partial charge in [-0.15, -0.1) is 0 Å². The van der Waals surface area contributed by atoms with Gasteiger partial charge in [0, 0.05) is 10.0 Å². The zero-order chi connectivity index (χ0) is 15.7. The van der Waals surface area contributed by atoms with E-state index in [9.17, 15) is 8.42 Å². The number of halogens is 1. The van der Waals surface area contributed by atoms with Gasteiger partial charge >= 0.3 is 0 Å². The van der Waals surface area contributed by atoms with E-state index in [4.69, 9.17) is 4.74 Å². The summed E-state index contributed by atoms with van der Waals surface area (Å²) in [5, 5.41) is 0. The largest absolute Gasteiger partial charge is 0.489 e. The predicted molar refractivity (Wildman–Crippen MR) is 90.6 cm³/mol. The Morgan fingerprint density at radius 1 is 1.14 bits per heavy atom. The van der Waals surface area contributed by atoms with E-state index in [-0.39, 0.29) is 6.61 Å². The van der Waals surface area contributed by atoms with Crippen LogP contribution >= 0.6 is 15.9 Å². The summed E-state index contributed by atoms with van der Waals surface area (Å²) in [6.07, 6.45) is 2.51. The minimum absolute atomic E-state index is 0.255. The maximum atomic E-state index is 12.9. The third kappa shape index (κ3) is 2.71. The highest BCUT2D eigenvalue weighted by atomic mass is 79.9. The fourth-order valence-corrected chi connectivity index (χ4v) is 4.26. The predicted octanol–water partition coefficient (Wildman–Crippen LogP) is 4.22. The second-order valence-corrected chi connectivity index (χ2v) is 7.85. The van der Waals surface area contributed by atoms with Crippen LogP contribution in [0.2, 0.25) is 0 Å². The third-order valence-electron chi connectivity index (χ3n) is 3.65. The first-order valence-electron chi connectivity index (χ1n) is 6.99. The van der Waals surface area contributed by atoms with Crippen LogP contribution in [0.15, 0.2) is 57.9 Å². The average molecular weight is 379 g/mol. The Bertz CT molecular complexity index is 837. The Morgan fingerprint density at radius 3 is 2.55 bits per heavy atom. The van der Waals surface area contributed by atoms with Gasteiger partial charge in [-0.2, -0.15) is 0 Å². The van der Waals surface area contributed by atoms with Crippen LogP contribution in [0.4, 0.5) is 0 Å². The van der Waals surface area contributed by atoms with Gasteiger partial charge in [-0.3, -0.25) is 0 Å². The summed E-state index contributed by atoms with van der Waals surface area (Å²) in [6.45, 7) is 2.30. The van der Waals surface area contributed by atoms with Crippen LogP contribution in [0.25, 0.3) is 4.91 Å². The standard InChI is InChI=1S/C17H15BrO3S/c1-2-12-3-6-14(7-4-12)22(19,20)17-9-10-21-16-11-13(18)5-8-15(16)17/h3-9,11H,2,10H2,1H3. The molecule has 2 aromatic rings. The van der Waals surface area contributed by atoms with E-state index in [1.165, 1.54) is 0 Å². The maximum absolute atomic E-state index is 12.9. The highest BCUT2D eigenvalue weighted by Crippen LogP contribution is 2.37. The molecule has 0 N–H and O–H groups in total. The molecule has 0 radical (unpaired) electrons. The van der Waals surface area contributed by atoms with Crippen molar-refractivity contribution in [3.05, 3.63) is 64.1 Å². The summed E-state index contributed by atoms with van der Waals surface area (Å²) in [5.41, 5.74) is 1.72.